The summed E-state index contributed by atoms with van der Waals surface area (Å²) in [7, 11) is 1.67. The number of rotatable bonds is 5. The Morgan fingerprint density at radius 2 is 2.20 bits per heavy atom. The molecule has 0 aliphatic carbocycles. The molecule has 3 aromatic heterocycles. The van der Waals surface area contributed by atoms with E-state index < -0.39 is 0 Å². The van der Waals surface area contributed by atoms with E-state index in [9.17, 15) is 0 Å². The van der Waals surface area contributed by atoms with Crippen LogP contribution in [0.4, 0.5) is 0 Å². The van der Waals surface area contributed by atoms with Gasteiger partial charge in [-0.2, -0.15) is 0 Å². The average Bonchev–Trinajstić information content (AvgIpc) is 3.06. The zero-order valence-corrected chi connectivity index (χ0v) is 13.1. The average molecular weight is 304 g/mol. The normalized spacial score (nSPS) is 12.7. The summed E-state index contributed by atoms with van der Waals surface area (Å²) in [5.74, 6) is 0.795. The number of hydrogen-bond acceptors (Lipinski definition) is 5. The summed E-state index contributed by atoms with van der Waals surface area (Å²) >= 11 is 3.63. The Hall–Kier alpha value is -1.43. The molecule has 3 heterocycles. The van der Waals surface area contributed by atoms with Gasteiger partial charge >= 0.3 is 0 Å². The Morgan fingerprint density at radius 1 is 1.30 bits per heavy atom. The lowest BCUT2D eigenvalue weighted by molar-refractivity contribution is 0.411. The van der Waals surface area contributed by atoms with Crippen molar-refractivity contribution in [2.75, 3.05) is 13.7 Å². The zero-order chi connectivity index (χ0) is 13.9. The van der Waals surface area contributed by atoms with Gasteiger partial charge in [0, 0.05) is 20.5 Å². The second-order valence-electron chi connectivity index (χ2n) is 4.45. The SMILES string of the molecule is CCNC(c1cncc(OC)c1)c1cc2sccc2s1. The molecule has 1 atom stereocenters. The van der Waals surface area contributed by atoms with E-state index in [4.69, 9.17) is 4.74 Å². The predicted molar refractivity (Wildman–Crippen MR) is 86.0 cm³/mol. The first kappa shape index (κ1) is 13.5. The van der Waals surface area contributed by atoms with Crippen LogP contribution in [0.15, 0.2) is 36.0 Å². The maximum absolute atomic E-state index is 5.28. The second-order valence-corrected chi connectivity index (χ2v) is 6.51. The first-order chi connectivity index (χ1) is 9.81. The molecule has 3 rings (SSSR count). The number of nitrogens with zero attached hydrogens (tertiary/aromatic N) is 1. The lowest BCUT2D eigenvalue weighted by atomic mass is 10.1. The zero-order valence-electron chi connectivity index (χ0n) is 11.4. The van der Waals surface area contributed by atoms with Crippen molar-refractivity contribution < 1.29 is 4.74 Å². The minimum Gasteiger partial charge on any atom is -0.495 e. The van der Waals surface area contributed by atoms with Gasteiger partial charge in [-0.3, -0.25) is 4.98 Å². The van der Waals surface area contributed by atoms with Crippen molar-refractivity contribution >= 4 is 32.1 Å². The van der Waals surface area contributed by atoms with E-state index in [-0.39, 0.29) is 6.04 Å². The van der Waals surface area contributed by atoms with Crippen LogP contribution in [-0.2, 0) is 0 Å². The maximum atomic E-state index is 5.28. The fourth-order valence-electron chi connectivity index (χ4n) is 2.22. The Balaban J connectivity index is 2.01. The van der Waals surface area contributed by atoms with E-state index in [1.165, 1.54) is 14.3 Å². The van der Waals surface area contributed by atoms with Crippen LogP contribution in [0.5, 0.6) is 5.75 Å². The Labute approximate surface area is 126 Å². The standard InChI is InChI=1S/C15H16N2OS2/c1-3-17-15(10-6-11(18-2)9-16-8-10)14-7-13-12(20-14)4-5-19-13/h4-9,15,17H,3H2,1-2H3. The molecular weight excluding hydrogens is 288 g/mol. The monoisotopic (exact) mass is 304 g/mol. The van der Waals surface area contributed by atoms with Gasteiger partial charge in [-0.1, -0.05) is 6.92 Å². The van der Waals surface area contributed by atoms with Gasteiger partial charge in [0.15, 0.2) is 0 Å². The Morgan fingerprint density at radius 3 is 2.95 bits per heavy atom. The highest BCUT2D eigenvalue weighted by Gasteiger charge is 2.17. The molecule has 0 spiro atoms. The van der Waals surface area contributed by atoms with E-state index in [1.54, 1.807) is 24.6 Å². The van der Waals surface area contributed by atoms with E-state index in [0.29, 0.717) is 0 Å². The summed E-state index contributed by atoms with van der Waals surface area (Å²) in [6, 6.07) is 6.68. The van der Waals surface area contributed by atoms with Crippen LogP contribution in [0.3, 0.4) is 0 Å². The molecule has 1 unspecified atom stereocenters. The lowest BCUT2D eigenvalue weighted by Crippen LogP contribution is -2.21. The molecule has 0 saturated carbocycles. The summed E-state index contributed by atoms with van der Waals surface area (Å²) in [6.45, 7) is 3.03. The summed E-state index contributed by atoms with van der Waals surface area (Å²) in [4.78, 5) is 5.59. The quantitative estimate of drug-likeness (QED) is 0.771. The van der Waals surface area contributed by atoms with Crippen LogP contribution < -0.4 is 10.1 Å². The molecule has 20 heavy (non-hydrogen) atoms. The third-order valence-corrected chi connectivity index (χ3v) is 5.31. The third-order valence-electron chi connectivity index (χ3n) is 3.15. The molecule has 0 amide bonds. The van der Waals surface area contributed by atoms with Crippen molar-refractivity contribution in [3.05, 3.63) is 46.4 Å². The molecule has 3 nitrogen and oxygen atoms in total. The minimum atomic E-state index is 0.173. The summed E-state index contributed by atoms with van der Waals surface area (Å²) in [5, 5.41) is 5.68. The van der Waals surface area contributed by atoms with E-state index in [0.717, 1.165) is 17.9 Å². The van der Waals surface area contributed by atoms with Gasteiger partial charge in [-0.15, -0.1) is 22.7 Å². The van der Waals surface area contributed by atoms with Gasteiger partial charge in [-0.25, -0.2) is 0 Å². The van der Waals surface area contributed by atoms with Crippen molar-refractivity contribution in [3.8, 4) is 5.75 Å². The van der Waals surface area contributed by atoms with Gasteiger partial charge in [0.2, 0.25) is 0 Å². The smallest absolute Gasteiger partial charge is 0.137 e. The number of nitrogens with one attached hydrogen (secondary N) is 1. The van der Waals surface area contributed by atoms with Crippen LogP contribution in [0.1, 0.15) is 23.4 Å². The molecule has 3 aromatic rings. The van der Waals surface area contributed by atoms with Crippen molar-refractivity contribution in [3.63, 3.8) is 0 Å². The van der Waals surface area contributed by atoms with Gasteiger partial charge in [0.05, 0.1) is 19.3 Å². The molecule has 0 bridgehead atoms. The molecule has 0 aromatic carbocycles. The summed E-state index contributed by atoms with van der Waals surface area (Å²) in [6.07, 6.45) is 3.64. The molecule has 0 radical (unpaired) electrons. The first-order valence-electron chi connectivity index (χ1n) is 6.51. The third kappa shape index (κ3) is 2.57. The molecule has 1 N–H and O–H groups in total. The molecule has 104 valence electrons. The van der Waals surface area contributed by atoms with Gasteiger partial charge < -0.3 is 10.1 Å². The fourth-order valence-corrected chi connectivity index (χ4v) is 4.44. The van der Waals surface area contributed by atoms with Gasteiger partial charge in [0.25, 0.3) is 0 Å². The van der Waals surface area contributed by atoms with Crippen molar-refractivity contribution in [2.45, 2.75) is 13.0 Å². The van der Waals surface area contributed by atoms with Crippen molar-refractivity contribution in [2.24, 2.45) is 0 Å². The lowest BCUT2D eigenvalue weighted by Gasteiger charge is -2.17. The van der Waals surface area contributed by atoms with Crippen LogP contribution in [0, 0.1) is 0 Å². The molecule has 5 heteroatoms. The highest BCUT2D eigenvalue weighted by atomic mass is 32.1. The topological polar surface area (TPSA) is 34.2 Å². The van der Waals surface area contributed by atoms with E-state index >= 15 is 0 Å². The van der Waals surface area contributed by atoms with Gasteiger partial charge in [-0.05, 0) is 35.7 Å². The highest BCUT2D eigenvalue weighted by molar-refractivity contribution is 7.27. The number of ether oxygens (including phenoxy) is 1. The van der Waals surface area contributed by atoms with Crippen molar-refractivity contribution in [1.82, 2.24) is 10.3 Å². The molecular formula is C15H16N2OS2. The predicted octanol–water partition coefficient (Wildman–Crippen LogP) is 4.07. The number of thiophene rings is 2. The highest BCUT2D eigenvalue weighted by Crippen LogP contribution is 2.36. The van der Waals surface area contributed by atoms with Crippen LogP contribution in [-0.4, -0.2) is 18.6 Å². The number of pyridine rings is 1. The molecule has 0 aliphatic rings. The Bertz CT molecular complexity index is 676. The van der Waals surface area contributed by atoms with Crippen LogP contribution in [0.25, 0.3) is 9.40 Å². The number of fused-ring (bicyclic) bond motifs is 1. The van der Waals surface area contributed by atoms with Gasteiger partial charge in [0.1, 0.15) is 5.75 Å². The molecule has 0 aliphatic heterocycles. The number of methoxy groups -OCH3 is 1. The number of aromatic nitrogens is 1. The second kappa shape index (κ2) is 5.91. The molecule has 0 saturated heterocycles. The van der Waals surface area contributed by atoms with Crippen LogP contribution >= 0.6 is 22.7 Å². The fraction of sp³-hybridized carbons (Fsp3) is 0.267. The minimum absolute atomic E-state index is 0.173. The summed E-state index contributed by atoms with van der Waals surface area (Å²) in [5.41, 5.74) is 1.14. The van der Waals surface area contributed by atoms with E-state index in [2.05, 4.69) is 34.7 Å². The van der Waals surface area contributed by atoms with E-state index in [1.807, 2.05) is 23.6 Å². The van der Waals surface area contributed by atoms with Crippen LogP contribution in [0.2, 0.25) is 0 Å². The molecule has 0 fully saturated rings. The number of hydrogen-bond donors (Lipinski definition) is 1. The Kier molecular flexibility index (Phi) is 4.00. The maximum Gasteiger partial charge on any atom is 0.137 e. The first-order valence-corrected chi connectivity index (χ1v) is 8.20. The largest absolute Gasteiger partial charge is 0.495 e. The summed E-state index contributed by atoms with van der Waals surface area (Å²) < 4.78 is 7.98. The van der Waals surface area contributed by atoms with Crippen molar-refractivity contribution in [1.29, 1.82) is 0 Å².